The maximum atomic E-state index is 13.5. The molecule has 0 unspecified atom stereocenters. The summed E-state index contributed by atoms with van der Waals surface area (Å²) in [6.45, 7) is 3.76. The molecule has 0 saturated heterocycles. The van der Waals surface area contributed by atoms with Gasteiger partial charge in [0.25, 0.3) is 0 Å². The second kappa shape index (κ2) is 10.1. The van der Waals surface area contributed by atoms with Crippen molar-refractivity contribution < 1.29 is 0 Å². The predicted molar refractivity (Wildman–Crippen MR) is 171 cm³/mol. The number of pyridine rings is 3. The number of hydrogen-bond donors (Lipinski definition) is 0. The smallest absolute Gasteiger partial charge is 0.293 e. The van der Waals surface area contributed by atoms with E-state index < -0.39 is 5.41 Å². The van der Waals surface area contributed by atoms with Gasteiger partial charge in [-0.25, -0.2) is 4.79 Å². The van der Waals surface area contributed by atoms with E-state index in [4.69, 9.17) is 4.98 Å². The second-order valence-corrected chi connectivity index (χ2v) is 11.5. The van der Waals surface area contributed by atoms with Crippen LogP contribution in [-0.4, -0.2) is 33.9 Å². The number of nitrogens with zero attached hydrogens (tertiary/aromatic N) is 8. The first-order valence-corrected chi connectivity index (χ1v) is 14.2. The van der Waals surface area contributed by atoms with E-state index in [-0.39, 0.29) is 5.69 Å². The van der Waals surface area contributed by atoms with Gasteiger partial charge >= 0.3 is 5.69 Å². The number of rotatable bonds is 5. The molecule has 2 aromatic carbocycles. The molecule has 0 bridgehead atoms. The summed E-state index contributed by atoms with van der Waals surface area (Å²) < 4.78 is 5.09. The van der Waals surface area contributed by atoms with Gasteiger partial charge in [-0.2, -0.15) is 10.4 Å². The van der Waals surface area contributed by atoms with E-state index in [0.29, 0.717) is 0 Å². The van der Waals surface area contributed by atoms with Crippen LogP contribution >= 0.6 is 0 Å². The Balaban J connectivity index is 1.28. The quantitative estimate of drug-likeness (QED) is 0.241. The number of nitriles is 1. The highest BCUT2D eigenvalue weighted by Crippen LogP contribution is 2.31. The SMILES string of the molecule is Cn1cc(-c2ccc(-c3ccc(-c4ccc5ncc6c(c5c4)n(-c4ccc(C(C)(C)C#N)cc4)c(=O)n6C)cn3)cn2)cn1. The molecule has 7 rings (SSSR count). The van der Waals surface area contributed by atoms with Crippen molar-refractivity contribution in [2.45, 2.75) is 19.3 Å². The highest BCUT2D eigenvalue weighted by molar-refractivity contribution is 6.04. The molecule has 0 aliphatic rings. The lowest BCUT2D eigenvalue weighted by atomic mass is 9.86. The number of aryl methyl sites for hydroxylation is 2. The minimum absolute atomic E-state index is 0.166. The largest absolute Gasteiger partial charge is 0.333 e. The summed E-state index contributed by atoms with van der Waals surface area (Å²) in [6, 6.07) is 24.0. The van der Waals surface area contributed by atoms with Gasteiger partial charge in [0.05, 0.1) is 57.5 Å². The number of hydrogen-bond acceptors (Lipinski definition) is 6. The van der Waals surface area contributed by atoms with Crippen molar-refractivity contribution >= 4 is 21.9 Å². The number of aromatic nitrogens is 7. The highest BCUT2D eigenvalue weighted by atomic mass is 16.1. The zero-order chi connectivity index (χ0) is 30.6. The van der Waals surface area contributed by atoms with E-state index in [1.165, 1.54) is 0 Å². The van der Waals surface area contributed by atoms with E-state index in [9.17, 15) is 10.1 Å². The standard InChI is InChI=1S/C35H28N8O/c1-35(2,21-36)26-8-10-27(11-9-26)43-33-28-15-22(5-14-31(28)39-19-32(33)42(4)34(43)44)23-6-12-29(37-16-23)24-7-13-30(38-17-24)25-18-40-41(3)20-25/h5-20H,1-4H3. The summed E-state index contributed by atoms with van der Waals surface area (Å²) in [5, 5.41) is 14.6. The topological polar surface area (TPSA) is 107 Å². The Morgan fingerprint density at radius 2 is 1.43 bits per heavy atom. The van der Waals surface area contributed by atoms with Crippen molar-refractivity contribution in [3.63, 3.8) is 0 Å². The van der Waals surface area contributed by atoms with Crippen LogP contribution in [0.15, 0.2) is 103 Å². The molecule has 9 nitrogen and oxygen atoms in total. The lowest BCUT2D eigenvalue weighted by Crippen LogP contribution is -2.21. The Kier molecular flexibility index (Phi) is 6.22. The van der Waals surface area contributed by atoms with Gasteiger partial charge in [-0.1, -0.05) is 24.3 Å². The molecular weight excluding hydrogens is 548 g/mol. The first-order chi connectivity index (χ1) is 21.2. The molecule has 0 spiro atoms. The molecule has 44 heavy (non-hydrogen) atoms. The van der Waals surface area contributed by atoms with Crippen LogP contribution in [0.2, 0.25) is 0 Å². The van der Waals surface area contributed by atoms with Crippen molar-refractivity contribution in [1.29, 1.82) is 5.26 Å². The fraction of sp³-hybridized carbons (Fsp3) is 0.143. The number of imidazole rings is 1. The van der Waals surface area contributed by atoms with Crippen LogP contribution in [0.4, 0.5) is 0 Å². The van der Waals surface area contributed by atoms with Crippen LogP contribution in [0.1, 0.15) is 19.4 Å². The van der Waals surface area contributed by atoms with Crippen molar-refractivity contribution in [1.82, 2.24) is 33.9 Å². The van der Waals surface area contributed by atoms with E-state index in [2.05, 4.69) is 27.2 Å². The Bertz CT molecular complexity index is 2280. The van der Waals surface area contributed by atoms with Gasteiger partial charge in [-0.05, 0) is 67.4 Å². The maximum Gasteiger partial charge on any atom is 0.333 e. The molecule has 0 atom stereocenters. The average Bonchev–Trinajstić information content (AvgIpc) is 3.61. The molecule has 0 amide bonds. The second-order valence-electron chi connectivity index (χ2n) is 11.5. The molecule has 0 N–H and O–H groups in total. The number of fused-ring (bicyclic) bond motifs is 3. The van der Waals surface area contributed by atoms with Gasteiger partial charge in [-0.15, -0.1) is 0 Å². The monoisotopic (exact) mass is 576 g/mol. The summed E-state index contributed by atoms with van der Waals surface area (Å²) in [5.41, 5.74) is 8.59. The molecule has 5 heterocycles. The third-order valence-corrected chi connectivity index (χ3v) is 8.17. The van der Waals surface area contributed by atoms with Gasteiger partial charge in [0, 0.05) is 54.8 Å². The summed E-state index contributed by atoms with van der Waals surface area (Å²) in [4.78, 5) is 27.5. The lowest BCUT2D eigenvalue weighted by molar-refractivity contribution is 0.686. The van der Waals surface area contributed by atoms with Gasteiger partial charge in [-0.3, -0.25) is 28.8 Å². The first kappa shape index (κ1) is 27.0. The highest BCUT2D eigenvalue weighted by Gasteiger charge is 2.21. The van der Waals surface area contributed by atoms with Gasteiger partial charge in [0.1, 0.15) is 0 Å². The zero-order valence-corrected chi connectivity index (χ0v) is 24.7. The Morgan fingerprint density at radius 1 is 0.750 bits per heavy atom. The van der Waals surface area contributed by atoms with Crippen LogP contribution in [-0.2, 0) is 19.5 Å². The summed E-state index contributed by atoms with van der Waals surface area (Å²) >= 11 is 0. The molecule has 0 aliphatic heterocycles. The van der Waals surface area contributed by atoms with E-state index in [1.54, 1.807) is 33.3 Å². The van der Waals surface area contributed by atoms with Crippen LogP contribution in [0.3, 0.4) is 0 Å². The fourth-order valence-electron chi connectivity index (χ4n) is 5.51. The predicted octanol–water partition coefficient (Wildman–Crippen LogP) is 6.20. The van der Waals surface area contributed by atoms with Gasteiger partial charge < -0.3 is 0 Å². The molecule has 0 aliphatic carbocycles. The van der Waals surface area contributed by atoms with Crippen LogP contribution < -0.4 is 5.69 Å². The van der Waals surface area contributed by atoms with Gasteiger partial charge in [0.15, 0.2) is 0 Å². The Hall–Kier alpha value is -5.88. The molecule has 0 radical (unpaired) electrons. The minimum Gasteiger partial charge on any atom is -0.293 e. The van der Waals surface area contributed by atoms with Crippen LogP contribution in [0, 0.1) is 11.3 Å². The van der Waals surface area contributed by atoms with E-state index >= 15 is 0 Å². The minimum atomic E-state index is -0.628. The van der Waals surface area contributed by atoms with E-state index in [0.717, 1.165) is 66.8 Å². The third-order valence-electron chi connectivity index (χ3n) is 8.17. The van der Waals surface area contributed by atoms with Crippen molar-refractivity contribution in [2.75, 3.05) is 0 Å². The first-order valence-electron chi connectivity index (χ1n) is 14.2. The molecule has 7 aromatic rings. The summed E-state index contributed by atoms with van der Waals surface area (Å²) in [6.07, 6.45) is 9.15. The maximum absolute atomic E-state index is 13.5. The summed E-state index contributed by atoms with van der Waals surface area (Å²) in [7, 11) is 3.64. The molecule has 214 valence electrons. The van der Waals surface area contributed by atoms with Crippen molar-refractivity contribution in [3.8, 4) is 45.4 Å². The Labute approximate surface area is 253 Å². The molecular formula is C35H28N8O. The molecule has 5 aromatic heterocycles. The molecule has 0 saturated carbocycles. The van der Waals surface area contributed by atoms with Crippen LogP contribution in [0.25, 0.3) is 61.3 Å². The zero-order valence-electron chi connectivity index (χ0n) is 24.7. The summed E-state index contributed by atoms with van der Waals surface area (Å²) in [5.74, 6) is 0. The Morgan fingerprint density at radius 3 is 2.07 bits per heavy atom. The van der Waals surface area contributed by atoms with Crippen LogP contribution in [0.5, 0.6) is 0 Å². The molecule has 0 fully saturated rings. The molecule has 9 heteroatoms. The third kappa shape index (κ3) is 4.44. The van der Waals surface area contributed by atoms with E-state index in [1.807, 2.05) is 100 Å². The number of benzene rings is 2. The van der Waals surface area contributed by atoms with Crippen molar-refractivity contribution in [2.24, 2.45) is 14.1 Å². The lowest BCUT2D eigenvalue weighted by Gasteiger charge is -2.16. The van der Waals surface area contributed by atoms with Gasteiger partial charge in [0.2, 0.25) is 0 Å². The average molecular weight is 577 g/mol. The fourth-order valence-corrected chi connectivity index (χ4v) is 5.51. The normalized spacial score (nSPS) is 11.7. The van der Waals surface area contributed by atoms with Crippen molar-refractivity contribution in [3.05, 3.63) is 114 Å².